The topological polar surface area (TPSA) is 59.2 Å². The van der Waals surface area contributed by atoms with Gasteiger partial charge in [-0.25, -0.2) is 0 Å². The SMILES string of the molecule is Cl.Nc1ccc(CC(=O)N(Cc2ccc(Cl)c(Cl)c2)C2CC2)nc1. The average Bonchev–Trinajstić information content (AvgIpc) is 3.35. The monoisotopic (exact) mass is 385 g/mol. The highest BCUT2D eigenvalue weighted by Crippen LogP contribution is 2.30. The number of anilines is 1. The van der Waals surface area contributed by atoms with Crippen molar-refractivity contribution in [3.63, 3.8) is 0 Å². The van der Waals surface area contributed by atoms with Crippen LogP contribution in [-0.2, 0) is 17.8 Å². The predicted octanol–water partition coefficient (Wildman–Crippen LogP) is 4.13. The molecule has 1 saturated carbocycles. The fraction of sp³-hybridized carbons (Fsp3) is 0.294. The Bertz CT molecular complexity index is 718. The van der Waals surface area contributed by atoms with Gasteiger partial charge < -0.3 is 10.6 Å². The van der Waals surface area contributed by atoms with Crippen LogP contribution in [0.1, 0.15) is 24.1 Å². The Morgan fingerprint density at radius 3 is 2.54 bits per heavy atom. The minimum absolute atomic E-state index is 0. The Labute approximate surface area is 157 Å². The molecule has 4 nitrogen and oxygen atoms in total. The van der Waals surface area contributed by atoms with Gasteiger partial charge in [-0.2, -0.15) is 0 Å². The van der Waals surface area contributed by atoms with Crippen molar-refractivity contribution in [2.75, 3.05) is 5.73 Å². The van der Waals surface area contributed by atoms with Gasteiger partial charge in [-0.1, -0.05) is 29.3 Å². The number of aromatic nitrogens is 1. The number of amides is 1. The summed E-state index contributed by atoms with van der Waals surface area (Å²) in [6.45, 7) is 0.537. The fourth-order valence-corrected chi connectivity index (χ4v) is 2.76. The van der Waals surface area contributed by atoms with Gasteiger partial charge in [0.05, 0.1) is 28.4 Å². The summed E-state index contributed by atoms with van der Waals surface area (Å²) < 4.78 is 0. The maximum Gasteiger partial charge on any atom is 0.229 e. The van der Waals surface area contributed by atoms with E-state index in [0.29, 0.717) is 28.3 Å². The van der Waals surface area contributed by atoms with Gasteiger partial charge in [0.2, 0.25) is 5.91 Å². The lowest BCUT2D eigenvalue weighted by atomic mass is 10.2. The van der Waals surface area contributed by atoms with Gasteiger partial charge in [0.25, 0.3) is 0 Å². The van der Waals surface area contributed by atoms with Gasteiger partial charge in [-0.05, 0) is 42.7 Å². The van der Waals surface area contributed by atoms with Crippen molar-refractivity contribution in [1.82, 2.24) is 9.88 Å². The molecule has 1 aliphatic carbocycles. The molecule has 24 heavy (non-hydrogen) atoms. The summed E-state index contributed by atoms with van der Waals surface area (Å²) in [6, 6.07) is 9.33. The molecule has 0 radical (unpaired) electrons. The van der Waals surface area contributed by atoms with Gasteiger partial charge in [0.1, 0.15) is 0 Å². The zero-order valence-corrected chi connectivity index (χ0v) is 15.2. The van der Waals surface area contributed by atoms with Crippen LogP contribution >= 0.6 is 35.6 Å². The standard InChI is InChI=1S/C17H17Cl2N3O.ClH/c18-15-6-1-11(7-16(15)19)10-22(14-4-5-14)17(23)8-13-3-2-12(20)9-21-13;/h1-3,6-7,9,14H,4-5,8,10,20H2;1H. The zero-order chi connectivity index (χ0) is 16.4. The number of nitrogens with zero attached hydrogens (tertiary/aromatic N) is 2. The van der Waals surface area contributed by atoms with E-state index >= 15 is 0 Å². The van der Waals surface area contributed by atoms with Crippen LogP contribution in [0, 0.1) is 0 Å². The number of rotatable bonds is 5. The molecule has 0 atom stereocenters. The Morgan fingerprint density at radius 1 is 1.21 bits per heavy atom. The number of pyridine rings is 1. The molecule has 128 valence electrons. The van der Waals surface area contributed by atoms with E-state index in [1.807, 2.05) is 17.0 Å². The lowest BCUT2D eigenvalue weighted by Gasteiger charge is -2.22. The van der Waals surface area contributed by atoms with Crippen molar-refractivity contribution in [1.29, 1.82) is 0 Å². The fourth-order valence-electron chi connectivity index (χ4n) is 2.44. The van der Waals surface area contributed by atoms with Gasteiger partial charge in [-0.3, -0.25) is 9.78 Å². The number of benzene rings is 1. The molecule has 0 bridgehead atoms. The Hall–Kier alpha value is -1.49. The first-order valence-corrected chi connectivity index (χ1v) is 8.22. The highest BCUT2D eigenvalue weighted by Gasteiger charge is 2.32. The molecule has 3 rings (SSSR count). The summed E-state index contributed by atoms with van der Waals surface area (Å²) in [5, 5.41) is 1.03. The number of carbonyl (C=O) groups is 1. The highest BCUT2D eigenvalue weighted by atomic mass is 35.5. The first-order chi connectivity index (χ1) is 11.0. The van der Waals surface area contributed by atoms with Crippen molar-refractivity contribution in [2.24, 2.45) is 0 Å². The van der Waals surface area contributed by atoms with E-state index in [4.69, 9.17) is 28.9 Å². The van der Waals surface area contributed by atoms with Crippen molar-refractivity contribution >= 4 is 47.2 Å². The number of nitrogens with two attached hydrogens (primary N) is 1. The predicted molar refractivity (Wildman–Crippen MR) is 99.6 cm³/mol. The van der Waals surface area contributed by atoms with E-state index in [0.717, 1.165) is 24.1 Å². The molecule has 1 aliphatic rings. The second-order valence-corrected chi connectivity index (χ2v) is 6.58. The van der Waals surface area contributed by atoms with E-state index in [9.17, 15) is 4.79 Å². The molecule has 0 aliphatic heterocycles. The maximum absolute atomic E-state index is 12.6. The van der Waals surface area contributed by atoms with Crippen LogP contribution in [0.2, 0.25) is 10.0 Å². The second-order valence-electron chi connectivity index (χ2n) is 5.76. The molecule has 0 spiro atoms. The molecule has 1 aromatic heterocycles. The maximum atomic E-state index is 12.6. The van der Waals surface area contributed by atoms with E-state index in [2.05, 4.69) is 4.98 Å². The van der Waals surface area contributed by atoms with Gasteiger partial charge in [-0.15, -0.1) is 12.4 Å². The van der Waals surface area contributed by atoms with E-state index in [1.165, 1.54) is 0 Å². The number of hydrogen-bond donors (Lipinski definition) is 1. The van der Waals surface area contributed by atoms with Crippen LogP contribution in [-0.4, -0.2) is 21.8 Å². The van der Waals surface area contributed by atoms with Crippen LogP contribution in [0.3, 0.4) is 0 Å². The van der Waals surface area contributed by atoms with Crippen LogP contribution < -0.4 is 5.73 Å². The number of nitrogen functional groups attached to an aromatic ring is 1. The van der Waals surface area contributed by atoms with Crippen molar-refractivity contribution in [3.05, 3.63) is 57.8 Å². The van der Waals surface area contributed by atoms with Gasteiger partial charge in [0, 0.05) is 18.3 Å². The lowest BCUT2D eigenvalue weighted by Crippen LogP contribution is -2.34. The van der Waals surface area contributed by atoms with Crippen LogP contribution in [0.15, 0.2) is 36.5 Å². The van der Waals surface area contributed by atoms with Gasteiger partial charge >= 0.3 is 0 Å². The minimum Gasteiger partial charge on any atom is -0.397 e. The molecule has 7 heteroatoms. The lowest BCUT2D eigenvalue weighted by molar-refractivity contribution is -0.131. The van der Waals surface area contributed by atoms with E-state index in [-0.39, 0.29) is 24.7 Å². The quantitative estimate of drug-likeness (QED) is 0.840. The minimum atomic E-state index is 0. The first kappa shape index (κ1) is 18.8. The summed E-state index contributed by atoms with van der Waals surface area (Å²) >= 11 is 12.0. The van der Waals surface area contributed by atoms with Gasteiger partial charge in [0.15, 0.2) is 0 Å². The summed E-state index contributed by atoms with van der Waals surface area (Å²) in [5.74, 6) is 0.0656. The third-order valence-corrected chi connectivity index (χ3v) is 4.56. The molecule has 0 unspecified atom stereocenters. The Morgan fingerprint density at radius 2 is 1.96 bits per heavy atom. The third kappa shape index (κ3) is 4.76. The van der Waals surface area contributed by atoms with Crippen LogP contribution in [0.5, 0.6) is 0 Å². The first-order valence-electron chi connectivity index (χ1n) is 7.47. The smallest absolute Gasteiger partial charge is 0.229 e. The summed E-state index contributed by atoms with van der Waals surface area (Å²) in [7, 11) is 0. The second kappa shape index (κ2) is 8.06. The average molecular weight is 387 g/mol. The van der Waals surface area contributed by atoms with E-state index < -0.39 is 0 Å². The number of carbonyl (C=O) groups excluding carboxylic acids is 1. The van der Waals surface area contributed by atoms with Crippen molar-refractivity contribution in [3.8, 4) is 0 Å². The van der Waals surface area contributed by atoms with E-state index in [1.54, 1.807) is 24.4 Å². The Kier molecular flexibility index (Phi) is 6.33. The van der Waals surface area contributed by atoms with Crippen LogP contribution in [0.4, 0.5) is 5.69 Å². The van der Waals surface area contributed by atoms with Crippen molar-refractivity contribution < 1.29 is 4.79 Å². The van der Waals surface area contributed by atoms with Crippen molar-refractivity contribution in [2.45, 2.75) is 31.8 Å². The molecule has 1 aromatic carbocycles. The zero-order valence-electron chi connectivity index (χ0n) is 12.9. The molecular weight excluding hydrogens is 369 g/mol. The third-order valence-electron chi connectivity index (χ3n) is 3.82. The number of hydrogen-bond acceptors (Lipinski definition) is 3. The molecule has 1 fully saturated rings. The molecule has 0 saturated heterocycles. The summed E-state index contributed by atoms with van der Waals surface area (Å²) in [4.78, 5) is 18.7. The Balaban J connectivity index is 0.00000208. The largest absolute Gasteiger partial charge is 0.397 e. The highest BCUT2D eigenvalue weighted by molar-refractivity contribution is 6.42. The van der Waals surface area contributed by atoms with Crippen LogP contribution in [0.25, 0.3) is 0 Å². The molecule has 1 amide bonds. The normalized spacial score (nSPS) is 13.2. The summed E-state index contributed by atoms with van der Waals surface area (Å²) in [6.07, 6.45) is 3.94. The molecular formula is C17H18Cl3N3O. The summed E-state index contributed by atoms with van der Waals surface area (Å²) in [5.41, 5.74) is 7.92. The molecule has 2 N–H and O–H groups in total. The molecule has 2 aromatic rings. The number of halogens is 3. The molecule has 1 heterocycles.